The molecule has 1 N–H and O–H groups in total. The van der Waals surface area contributed by atoms with Gasteiger partial charge in [0.15, 0.2) is 5.78 Å². The minimum absolute atomic E-state index is 0.0491. The standard InChI is InChI=1S/C17H14ClNO2/c1-21-16-4-2-3-14-17(16)13(10-19-14)15(20)9-11-5-7-12(18)8-6-11/h2-8,10,19H,9H2,1H3. The second kappa shape index (κ2) is 5.62. The summed E-state index contributed by atoms with van der Waals surface area (Å²) in [5, 5.41) is 1.50. The molecule has 0 fully saturated rings. The Kier molecular flexibility index (Phi) is 3.67. The monoisotopic (exact) mass is 299 g/mol. The molecule has 0 amide bonds. The van der Waals surface area contributed by atoms with E-state index in [1.54, 1.807) is 25.4 Å². The second-order valence-electron chi connectivity index (χ2n) is 4.81. The zero-order chi connectivity index (χ0) is 14.8. The van der Waals surface area contributed by atoms with Crippen LogP contribution < -0.4 is 4.74 Å². The number of Topliss-reactive ketones (excluding diaryl/α,β-unsaturated/α-hetero) is 1. The predicted molar refractivity (Wildman–Crippen MR) is 84.3 cm³/mol. The van der Waals surface area contributed by atoms with E-state index in [0.29, 0.717) is 22.8 Å². The maximum absolute atomic E-state index is 12.5. The van der Waals surface area contributed by atoms with Crippen molar-refractivity contribution < 1.29 is 9.53 Å². The molecule has 0 aliphatic carbocycles. The van der Waals surface area contributed by atoms with E-state index in [1.165, 1.54) is 0 Å². The molecule has 106 valence electrons. The van der Waals surface area contributed by atoms with Crippen molar-refractivity contribution >= 4 is 28.3 Å². The Hall–Kier alpha value is -2.26. The fourth-order valence-electron chi connectivity index (χ4n) is 2.42. The normalized spacial score (nSPS) is 10.8. The van der Waals surface area contributed by atoms with Gasteiger partial charge in [-0.15, -0.1) is 0 Å². The number of aromatic nitrogens is 1. The molecule has 3 rings (SSSR count). The van der Waals surface area contributed by atoms with Gasteiger partial charge in [0.1, 0.15) is 5.75 Å². The van der Waals surface area contributed by atoms with E-state index < -0.39 is 0 Å². The van der Waals surface area contributed by atoms with Crippen molar-refractivity contribution in [3.05, 3.63) is 64.8 Å². The van der Waals surface area contributed by atoms with Crippen molar-refractivity contribution in [2.24, 2.45) is 0 Å². The van der Waals surface area contributed by atoms with Crippen molar-refractivity contribution in [1.29, 1.82) is 0 Å². The molecule has 0 aliphatic heterocycles. The largest absolute Gasteiger partial charge is 0.496 e. The van der Waals surface area contributed by atoms with E-state index in [2.05, 4.69) is 4.98 Å². The van der Waals surface area contributed by atoms with Gasteiger partial charge in [0.2, 0.25) is 0 Å². The van der Waals surface area contributed by atoms with Crippen LogP contribution in [0.2, 0.25) is 5.02 Å². The van der Waals surface area contributed by atoms with Crippen LogP contribution in [0, 0.1) is 0 Å². The topological polar surface area (TPSA) is 42.1 Å². The molecule has 0 aliphatic rings. The average Bonchev–Trinajstić information content (AvgIpc) is 2.93. The molecule has 2 aromatic carbocycles. The van der Waals surface area contributed by atoms with Crippen LogP contribution in [0.25, 0.3) is 10.9 Å². The molecule has 0 atom stereocenters. The van der Waals surface area contributed by atoms with Crippen molar-refractivity contribution in [1.82, 2.24) is 4.98 Å². The maximum Gasteiger partial charge on any atom is 0.169 e. The number of H-pyrrole nitrogens is 1. The highest BCUT2D eigenvalue weighted by Crippen LogP contribution is 2.29. The molecule has 0 spiro atoms. The van der Waals surface area contributed by atoms with Gasteiger partial charge in [0.25, 0.3) is 0 Å². The molecule has 0 saturated heterocycles. The Morgan fingerprint density at radius 1 is 1.19 bits per heavy atom. The molecule has 0 saturated carbocycles. The van der Waals surface area contributed by atoms with Crippen molar-refractivity contribution in [3.63, 3.8) is 0 Å². The first-order valence-corrected chi connectivity index (χ1v) is 6.98. The lowest BCUT2D eigenvalue weighted by molar-refractivity contribution is 0.0994. The Balaban J connectivity index is 1.96. The van der Waals surface area contributed by atoms with Gasteiger partial charge in [-0.25, -0.2) is 0 Å². The van der Waals surface area contributed by atoms with Crippen LogP contribution in [-0.4, -0.2) is 17.9 Å². The number of aromatic amines is 1. The third-order valence-corrected chi connectivity index (χ3v) is 3.72. The number of carbonyl (C=O) groups is 1. The van der Waals surface area contributed by atoms with Crippen LogP contribution in [0.4, 0.5) is 0 Å². The third kappa shape index (κ3) is 2.65. The van der Waals surface area contributed by atoms with Crippen LogP contribution in [0.5, 0.6) is 5.75 Å². The smallest absolute Gasteiger partial charge is 0.169 e. The maximum atomic E-state index is 12.5. The lowest BCUT2D eigenvalue weighted by Crippen LogP contribution is -2.03. The van der Waals surface area contributed by atoms with E-state index in [9.17, 15) is 4.79 Å². The van der Waals surface area contributed by atoms with Crippen molar-refractivity contribution in [2.45, 2.75) is 6.42 Å². The van der Waals surface area contributed by atoms with Crippen LogP contribution in [-0.2, 0) is 6.42 Å². The highest BCUT2D eigenvalue weighted by Gasteiger charge is 2.15. The second-order valence-corrected chi connectivity index (χ2v) is 5.25. The Labute approximate surface area is 127 Å². The molecular formula is C17H14ClNO2. The number of benzene rings is 2. The number of hydrogen-bond acceptors (Lipinski definition) is 2. The first-order valence-electron chi connectivity index (χ1n) is 6.61. The zero-order valence-corrected chi connectivity index (χ0v) is 12.3. The number of hydrogen-bond donors (Lipinski definition) is 1. The van der Waals surface area contributed by atoms with Gasteiger partial charge in [-0.05, 0) is 29.8 Å². The number of rotatable bonds is 4. The summed E-state index contributed by atoms with van der Waals surface area (Å²) in [5.74, 6) is 0.751. The number of methoxy groups -OCH3 is 1. The minimum atomic E-state index is 0.0491. The number of nitrogens with one attached hydrogen (secondary N) is 1. The minimum Gasteiger partial charge on any atom is -0.496 e. The van der Waals surface area contributed by atoms with Crippen LogP contribution in [0.1, 0.15) is 15.9 Å². The number of fused-ring (bicyclic) bond motifs is 1. The van der Waals surface area contributed by atoms with Gasteiger partial charge in [-0.2, -0.15) is 0 Å². The van der Waals surface area contributed by atoms with Gasteiger partial charge in [0, 0.05) is 28.7 Å². The zero-order valence-electron chi connectivity index (χ0n) is 11.5. The molecule has 3 nitrogen and oxygen atoms in total. The van der Waals surface area contributed by atoms with Crippen LogP contribution >= 0.6 is 11.6 Å². The van der Waals surface area contributed by atoms with Gasteiger partial charge >= 0.3 is 0 Å². The fourth-order valence-corrected chi connectivity index (χ4v) is 2.55. The number of ether oxygens (including phenoxy) is 1. The molecule has 4 heteroatoms. The van der Waals surface area contributed by atoms with E-state index in [4.69, 9.17) is 16.3 Å². The Morgan fingerprint density at radius 2 is 1.95 bits per heavy atom. The first-order chi connectivity index (χ1) is 10.2. The summed E-state index contributed by atoms with van der Waals surface area (Å²) in [6, 6.07) is 13.0. The number of carbonyl (C=O) groups excluding carboxylic acids is 1. The molecule has 0 bridgehead atoms. The molecule has 3 aromatic rings. The van der Waals surface area contributed by atoms with Gasteiger partial charge in [-0.1, -0.05) is 29.8 Å². The summed E-state index contributed by atoms with van der Waals surface area (Å²) in [4.78, 5) is 15.7. The molecule has 1 heterocycles. The third-order valence-electron chi connectivity index (χ3n) is 3.47. The SMILES string of the molecule is COc1cccc2[nH]cc(C(=O)Cc3ccc(Cl)cc3)c12. The summed E-state index contributed by atoms with van der Waals surface area (Å²) < 4.78 is 5.35. The lowest BCUT2D eigenvalue weighted by Gasteiger charge is -2.05. The molecule has 0 radical (unpaired) electrons. The highest BCUT2D eigenvalue weighted by molar-refractivity contribution is 6.30. The van der Waals surface area contributed by atoms with E-state index in [-0.39, 0.29) is 5.78 Å². The molecule has 0 unspecified atom stereocenters. The summed E-state index contributed by atoms with van der Waals surface area (Å²) >= 11 is 5.86. The fraction of sp³-hybridized carbons (Fsp3) is 0.118. The molecular weight excluding hydrogens is 286 g/mol. The summed E-state index contributed by atoms with van der Waals surface area (Å²) in [6.07, 6.45) is 2.08. The van der Waals surface area contributed by atoms with E-state index in [1.807, 2.05) is 30.3 Å². The Morgan fingerprint density at radius 3 is 2.67 bits per heavy atom. The Bertz CT molecular complexity index is 790. The lowest BCUT2D eigenvalue weighted by atomic mass is 10.0. The van der Waals surface area contributed by atoms with Crippen LogP contribution in [0.15, 0.2) is 48.7 Å². The van der Waals surface area contributed by atoms with Gasteiger partial charge < -0.3 is 9.72 Å². The highest BCUT2D eigenvalue weighted by atomic mass is 35.5. The van der Waals surface area contributed by atoms with Crippen molar-refractivity contribution in [2.75, 3.05) is 7.11 Å². The van der Waals surface area contributed by atoms with E-state index in [0.717, 1.165) is 16.5 Å². The van der Waals surface area contributed by atoms with Crippen molar-refractivity contribution in [3.8, 4) is 5.75 Å². The summed E-state index contributed by atoms with van der Waals surface area (Å²) in [5.41, 5.74) is 2.49. The number of ketones is 1. The van der Waals surface area contributed by atoms with Crippen LogP contribution in [0.3, 0.4) is 0 Å². The summed E-state index contributed by atoms with van der Waals surface area (Å²) in [6.45, 7) is 0. The average molecular weight is 300 g/mol. The van der Waals surface area contributed by atoms with Gasteiger partial charge in [-0.3, -0.25) is 4.79 Å². The van der Waals surface area contributed by atoms with Gasteiger partial charge in [0.05, 0.1) is 12.5 Å². The number of halogens is 1. The predicted octanol–water partition coefficient (Wildman–Crippen LogP) is 4.26. The molecule has 21 heavy (non-hydrogen) atoms. The molecule has 1 aromatic heterocycles. The summed E-state index contributed by atoms with van der Waals surface area (Å²) in [7, 11) is 1.61. The quantitative estimate of drug-likeness (QED) is 0.732. The first kappa shape index (κ1) is 13.7. The van der Waals surface area contributed by atoms with E-state index >= 15 is 0 Å².